The van der Waals surface area contributed by atoms with Crippen LogP contribution in [0.5, 0.6) is 0 Å². The van der Waals surface area contributed by atoms with E-state index in [0.29, 0.717) is 41.6 Å². The van der Waals surface area contributed by atoms with Gasteiger partial charge in [-0.15, -0.1) is 11.3 Å². The van der Waals surface area contributed by atoms with Crippen LogP contribution in [0.25, 0.3) is 0 Å². The highest BCUT2D eigenvalue weighted by atomic mass is 32.1. The summed E-state index contributed by atoms with van der Waals surface area (Å²) in [4.78, 5) is 39.1. The van der Waals surface area contributed by atoms with Crippen LogP contribution in [-0.4, -0.2) is 41.6 Å². The number of thiophene rings is 1. The third kappa shape index (κ3) is 5.85. The molecule has 4 amide bonds. The standard InChI is InChI=1S/C26H32N4O4S/c1-15-2-8-18(9-3-15)29-25(33)28-14-26(34)11-10-20-19(12-26)21(23(32)27-13-16-4-5-16)24(35-20)30-22(31)17-6-7-17/h2-3,8-9,16-17,34H,4-7,10-14H2,1H3,(H,27,32)(H,30,31)(H2,28,29,33). The number of hydrogen-bond acceptors (Lipinski definition) is 5. The molecule has 1 unspecified atom stereocenters. The molecule has 8 nitrogen and oxygen atoms in total. The molecule has 0 saturated heterocycles. The molecule has 3 aliphatic rings. The fraction of sp³-hybridized carbons (Fsp3) is 0.500. The molecule has 3 aliphatic carbocycles. The van der Waals surface area contributed by atoms with Crippen LogP contribution in [0.2, 0.25) is 0 Å². The van der Waals surface area contributed by atoms with Gasteiger partial charge in [-0.05, 0) is 69.1 Å². The molecule has 0 spiro atoms. The fourth-order valence-corrected chi connectivity index (χ4v) is 5.63. The van der Waals surface area contributed by atoms with Gasteiger partial charge in [-0.1, -0.05) is 17.7 Å². The van der Waals surface area contributed by atoms with Gasteiger partial charge in [-0.3, -0.25) is 9.59 Å². The van der Waals surface area contributed by atoms with Crippen molar-refractivity contribution >= 4 is 39.9 Å². The van der Waals surface area contributed by atoms with Crippen LogP contribution in [0.15, 0.2) is 24.3 Å². The van der Waals surface area contributed by atoms with Crippen LogP contribution < -0.4 is 21.3 Å². The number of hydrogen-bond donors (Lipinski definition) is 5. The highest BCUT2D eigenvalue weighted by Crippen LogP contribution is 2.42. The van der Waals surface area contributed by atoms with Gasteiger partial charge in [0.2, 0.25) is 5.91 Å². The normalized spacial score (nSPS) is 21.1. The van der Waals surface area contributed by atoms with Gasteiger partial charge >= 0.3 is 6.03 Å². The van der Waals surface area contributed by atoms with Gasteiger partial charge in [0.25, 0.3) is 5.91 Å². The van der Waals surface area contributed by atoms with Crippen molar-refractivity contribution < 1.29 is 19.5 Å². The Balaban J connectivity index is 1.28. The van der Waals surface area contributed by atoms with Crippen molar-refractivity contribution in [3.63, 3.8) is 0 Å². The number of fused-ring (bicyclic) bond motifs is 1. The molecule has 0 aliphatic heterocycles. The van der Waals surface area contributed by atoms with E-state index in [-0.39, 0.29) is 30.7 Å². The van der Waals surface area contributed by atoms with Gasteiger partial charge in [0.1, 0.15) is 5.00 Å². The maximum Gasteiger partial charge on any atom is 0.319 e. The Kier molecular flexibility index (Phi) is 6.55. The molecule has 186 valence electrons. The zero-order valence-corrected chi connectivity index (χ0v) is 20.7. The molecule has 2 saturated carbocycles. The highest BCUT2D eigenvalue weighted by Gasteiger charge is 2.39. The van der Waals surface area contributed by atoms with Crippen LogP contribution >= 0.6 is 11.3 Å². The topological polar surface area (TPSA) is 120 Å². The van der Waals surface area contributed by atoms with Crippen molar-refractivity contribution in [3.8, 4) is 0 Å². The second-order valence-corrected chi connectivity index (χ2v) is 11.3. The Hall–Kier alpha value is -2.91. The van der Waals surface area contributed by atoms with Gasteiger partial charge < -0.3 is 26.4 Å². The van der Waals surface area contributed by atoms with E-state index in [1.165, 1.54) is 11.3 Å². The number of aryl methyl sites for hydroxylation is 2. The van der Waals surface area contributed by atoms with E-state index in [1.54, 1.807) is 0 Å². The van der Waals surface area contributed by atoms with Crippen LogP contribution in [0, 0.1) is 18.8 Å². The maximum atomic E-state index is 13.2. The van der Waals surface area contributed by atoms with Gasteiger partial charge in [0.05, 0.1) is 11.2 Å². The number of anilines is 2. The van der Waals surface area contributed by atoms with Gasteiger partial charge in [0, 0.05) is 36.0 Å². The van der Waals surface area contributed by atoms with Crippen molar-refractivity contribution in [2.45, 2.75) is 57.5 Å². The van der Waals surface area contributed by atoms with E-state index in [4.69, 9.17) is 0 Å². The molecular weight excluding hydrogens is 464 g/mol. The van der Waals surface area contributed by atoms with Crippen molar-refractivity contribution in [2.75, 3.05) is 23.7 Å². The molecule has 2 aromatic rings. The maximum absolute atomic E-state index is 13.2. The number of aliphatic hydroxyl groups is 1. The first kappa shape index (κ1) is 23.8. The van der Waals surface area contributed by atoms with Crippen LogP contribution in [0.1, 0.15) is 58.5 Å². The molecule has 9 heteroatoms. The minimum atomic E-state index is -1.18. The van der Waals surface area contributed by atoms with E-state index in [2.05, 4.69) is 21.3 Å². The first-order chi connectivity index (χ1) is 16.8. The summed E-state index contributed by atoms with van der Waals surface area (Å²) in [6, 6.07) is 7.09. The predicted octanol–water partition coefficient (Wildman–Crippen LogP) is 3.59. The monoisotopic (exact) mass is 496 g/mol. The number of amides is 4. The lowest BCUT2D eigenvalue weighted by molar-refractivity contribution is -0.117. The second-order valence-electron chi connectivity index (χ2n) is 10.2. The summed E-state index contributed by atoms with van der Waals surface area (Å²) in [7, 11) is 0. The van der Waals surface area contributed by atoms with Crippen molar-refractivity contribution in [2.24, 2.45) is 11.8 Å². The smallest absolute Gasteiger partial charge is 0.319 e. The molecule has 5 rings (SSSR count). The zero-order chi connectivity index (χ0) is 24.6. The molecule has 0 bridgehead atoms. The summed E-state index contributed by atoms with van der Waals surface area (Å²) in [5, 5.41) is 23.5. The van der Waals surface area contributed by atoms with E-state index < -0.39 is 11.6 Å². The molecule has 1 heterocycles. The third-order valence-corrected chi connectivity index (χ3v) is 8.17. The summed E-state index contributed by atoms with van der Waals surface area (Å²) in [6.45, 7) is 2.67. The van der Waals surface area contributed by atoms with Gasteiger partial charge in [-0.25, -0.2) is 4.79 Å². The van der Waals surface area contributed by atoms with Crippen LogP contribution in [0.3, 0.4) is 0 Å². The lowest BCUT2D eigenvalue weighted by Gasteiger charge is -2.32. The van der Waals surface area contributed by atoms with Crippen LogP contribution in [0.4, 0.5) is 15.5 Å². The summed E-state index contributed by atoms with van der Waals surface area (Å²) in [5.41, 5.74) is 1.85. The quantitative estimate of drug-likeness (QED) is 0.384. The first-order valence-electron chi connectivity index (χ1n) is 12.4. The Morgan fingerprint density at radius 3 is 2.49 bits per heavy atom. The minimum Gasteiger partial charge on any atom is -0.388 e. The Morgan fingerprint density at radius 2 is 1.80 bits per heavy atom. The van der Waals surface area contributed by atoms with E-state index in [1.807, 2.05) is 31.2 Å². The number of carbonyl (C=O) groups is 3. The average Bonchev–Trinajstić information content (AvgIpc) is 3.75. The third-order valence-electron chi connectivity index (χ3n) is 6.96. The summed E-state index contributed by atoms with van der Waals surface area (Å²) < 4.78 is 0. The van der Waals surface area contributed by atoms with E-state index >= 15 is 0 Å². The predicted molar refractivity (Wildman–Crippen MR) is 136 cm³/mol. The number of carbonyl (C=O) groups excluding carboxylic acids is 3. The van der Waals surface area contributed by atoms with Crippen LogP contribution in [-0.2, 0) is 17.6 Å². The zero-order valence-electron chi connectivity index (χ0n) is 19.9. The molecular formula is C26H32N4O4S. The second kappa shape index (κ2) is 9.62. The molecule has 1 aromatic carbocycles. The Morgan fingerprint density at radius 1 is 1.06 bits per heavy atom. The molecule has 1 aromatic heterocycles. The van der Waals surface area contributed by atoms with E-state index in [9.17, 15) is 19.5 Å². The summed E-state index contributed by atoms with van der Waals surface area (Å²) >= 11 is 1.44. The number of rotatable bonds is 8. The highest BCUT2D eigenvalue weighted by molar-refractivity contribution is 7.17. The number of urea groups is 1. The summed E-state index contributed by atoms with van der Waals surface area (Å²) in [6.07, 6.45) is 5.32. The van der Waals surface area contributed by atoms with Crippen molar-refractivity contribution in [1.82, 2.24) is 10.6 Å². The molecule has 5 N–H and O–H groups in total. The SMILES string of the molecule is Cc1ccc(NC(=O)NCC2(O)CCc3sc(NC(=O)C4CC4)c(C(=O)NCC4CC4)c3C2)cc1. The number of benzene rings is 1. The minimum absolute atomic E-state index is 0.0321. The fourth-order valence-electron chi connectivity index (χ4n) is 4.41. The number of nitrogens with one attached hydrogen (secondary N) is 4. The lowest BCUT2D eigenvalue weighted by atomic mass is 9.82. The summed E-state index contributed by atoms with van der Waals surface area (Å²) in [5.74, 6) is 0.329. The molecule has 1 atom stereocenters. The van der Waals surface area contributed by atoms with Crippen molar-refractivity contribution in [1.29, 1.82) is 0 Å². The van der Waals surface area contributed by atoms with Gasteiger partial charge in [0.15, 0.2) is 0 Å². The average molecular weight is 497 g/mol. The van der Waals surface area contributed by atoms with Crippen molar-refractivity contribution in [3.05, 3.63) is 45.8 Å². The largest absolute Gasteiger partial charge is 0.388 e. The lowest BCUT2D eigenvalue weighted by Crippen LogP contribution is -2.48. The molecule has 35 heavy (non-hydrogen) atoms. The van der Waals surface area contributed by atoms with Gasteiger partial charge in [-0.2, -0.15) is 0 Å². The Bertz CT molecular complexity index is 1140. The first-order valence-corrected chi connectivity index (χ1v) is 13.2. The van der Waals surface area contributed by atoms with E-state index in [0.717, 1.165) is 41.7 Å². The molecule has 2 fully saturated rings. The molecule has 0 radical (unpaired) electrons. The Labute approximate surface area is 208 Å².